The maximum absolute atomic E-state index is 13.8. The highest BCUT2D eigenvalue weighted by atomic mass is 19.1. The molecule has 8 nitrogen and oxygen atoms in total. The summed E-state index contributed by atoms with van der Waals surface area (Å²) >= 11 is 0. The second-order valence-electron chi connectivity index (χ2n) is 8.28. The van der Waals surface area contributed by atoms with Gasteiger partial charge in [-0.3, -0.25) is 4.57 Å². The molecule has 0 saturated carbocycles. The summed E-state index contributed by atoms with van der Waals surface area (Å²) in [7, 11) is 1.62. The molecule has 0 aliphatic heterocycles. The number of alkyl halides is 1. The van der Waals surface area contributed by atoms with Gasteiger partial charge in [0, 0.05) is 18.9 Å². The molecule has 0 amide bonds. The van der Waals surface area contributed by atoms with Crippen molar-refractivity contribution < 1.29 is 18.3 Å². The van der Waals surface area contributed by atoms with Gasteiger partial charge in [0.25, 0.3) is 0 Å². The Kier molecular flexibility index (Phi) is 20.5. The predicted molar refractivity (Wildman–Crippen MR) is 171 cm³/mol. The minimum atomic E-state index is -1.38. The summed E-state index contributed by atoms with van der Waals surface area (Å²) in [6.45, 7) is 19.8. The monoisotopic (exact) mass is 600 g/mol. The summed E-state index contributed by atoms with van der Waals surface area (Å²) in [5, 5.41) is 8.49. The standard InChI is InChI=1S/C20H23FN4O2.C7H9FN2.3C2H6/c1-5-8-17(21)27-18-12-7-10-15(22-18)20-24-23-14(3)25(20)19-13(2)9-6-11-16(19)26-4;1-2-3-7-9-4-6(8)5-10-7;3*1-2/h6-7,9-12,17H,5,8H2,1-4H3;4-5H,2-3H2,1H3;3*1-2H3. The van der Waals surface area contributed by atoms with E-state index in [0.717, 1.165) is 24.1 Å². The van der Waals surface area contributed by atoms with Gasteiger partial charge >= 0.3 is 0 Å². The normalized spacial score (nSPS) is 10.3. The lowest BCUT2D eigenvalue weighted by molar-refractivity contribution is 0.0544. The molecule has 238 valence electrons. The third-order valence-electron chi connectivity index (χ3n) is 5.33. The van der Waals surface area contributed by atoms with E-state index in [1.54, 1.807) is 25.3 Å². The molecule has 43 heavy (non-hydrogen) atoms. The molecule has 0 aliphatic rings. The molecule has 4 aromatic rings. The average Bonchev–Trinajstić information content (AvgIpc) is 3.42. The minimum Gasteiger partial charge on any atom is -0.495 e. The van der Waals surface area contributed by atoms with Crippen molar-refractivity contribution in [2.24, 2.45) is 0 Å². The molecule has 3 heterocycles. The number of methoxy groups -OCH3 is 1. The smallest absolute Gasteiger partial charge is 0.240 e. The molecule has 0 saturated heterocycles. The second kappa shape index (κ2) is 22.6. The number of para-hydroxylation sites is 1. The van der Waals surface area contributed by atoms with E-state index in [-0.39, 0.29) is 11.7 Å². The number of nitrogens with zero attached hydrogens (tertiary/aromatic N) is 6. The zero-order valence-corrected chi connectivity index (χ0v) is 27.8. The molecule has 1 aromatic carbocycles. The van der Waals surface area contributed by atoms with Crippen LogP contribution >= 0.6 is 0 Å². The molecular weight excluding hydrogens is 550 g/mol. The van der Waals surface area contributed by atoms with Crippen LogP contribution in [0.1, 0.15) is 91.9 Å². The van der Waals surface area contributed by atoms with E-state index in [2.05, 4.69) is 25.1 Å². The van der Waals surface area contributed by atoms with Crippen molar-refractivity contribution in [3.05, 3.63) is 71.8 Å². The third kappa shape index (κ3) is 12.4. The Morgan fingerprint density at radius 2 is 1.49 bits per heavy atom. The topological polar surface area (TPSA) is 87.8 Å². The van der Waals surface area contributed by atoms with Crippen molar-refractivity contribution in [2.45, 2.75) is 101 Å². The SMILES string of the molecule is CC.CC.CC.CCCC(F)Oc1cccc(-c2nnc(C)n2-c2c(C)cccc2OC)n1.CCCc1ncc(F)cn1. The van der Waals surface area contributed by atoms with Crippen LogP contribution in [0.15, 0.2) is 48.8 Å². The Labute approximate surface area is 257 Å². The van der Waals surface area contributed by atoms with Gasteiger partial charge in [0.1, 0.15) is 23.1 Å². The molecule has 0 aliphatic carbocycles. The first-order chi connectivity index (χ1) is 20.9. The molecule has 10 heteroatoms. The van der Waals surface area contributed by atoms with E-state index in [0.29, 0.717) is 41.8 Å². The molecule has 3 aromatic heterocycles. The molecule has 0 bridgehead atoms. The van der Waals surface area contributed by atoms with Crippen LogP contribution in [0.4, 0.5) is 8.78 Å². The lowest BCUT2D eigenvalue weighted by Gasteiger charge is -2.15. The summed E-state index contributed by atoms with van der Waals surface area (Å²) in [5.41, 5.74) is 2.40. The van der Waals surface area contributed by atoms with Crippen LogP contribution in [0, 0.1) is 19.7 Å². The Balaban J connectivity index is 0.000000919. The molecule has 1 atom stereocenters. The minimum absolute atomic E-state index is 0.220. The van der Waals surface area contributed by atoms with Crippen LogP contribution in [-0.4, -0.2) is 43.2 Å². The number of pyridine rings is 1. The lowest BCUT2D eigenvalue weighted by atomic mass is 10.1. The Bertz CT molecular complexity index is 1280. The van der Waals surface area contributed by atoms with Crippen molar-refractivity contribution >= 4 is 0 Å². The van der Waals surface area contributed by atoms with E-state index in [9.17, 15) is 8.78 Å². The lowest BCUT2D eigenvalue weighted by Crippen LogP contribution is -2.11. The van der Waals surface area contributed by atoms with E-state index < -0.39 is 6.36 Å². The van der Waals surface area contributed by atoms with Crippen LogP contribution < -0.4 is 9.47 Å². The van der Waals surface area contributed by atoms with Gasteiger partial charge in [-0.1, -0.05) is 73.6 Å². The zero-order valence-electron chi connectivity index (χ0n) is 27.8. The quantitative estimate of drug-likeness (QED) is 0.189. The number of rotatable bonds is 9. The number of halogens is 2. The Hall–Kier alpha value is -3.95. The molecule has 0 spiro atoms. The van der Waals surface area contributed by atoms with Crippen LogP contribution in [0.25, 0.3) is 17.2 Å². The maximum atomic E-state index is 13.8. The summed E-state index contributed by atoms with van der Waals surface area (Å²) in [6.07, 6.45) is 3.83. The predicted octanol–water partition coefficient (Wildman–Crippen LogP) is 9.08. The van der Waals surface area contributed by atoms with Gasteiger partial charge in [0.05, 0.1) is 25.2 Å². The molecule has 1 unspecified atom stereocenters. The highest BCUT2D eigenvalue weighted by Crippen LogP contribution is 2.31. The maximum Gasteiger partial charge on any atom is 0.240 e. The zero-order chi connectivity index (χ0) is 32.8. The number of ether oxygens (including phenoxy) is 2. The van der Waals surface area contributed by atoms with E-state index >= 15 is 0 Å². The van der Waals surface area contributed by atoms with Crippen LogP contribution in [0.3, 0.4) is 0 Å². The van der Waals surface area contributed by atoms with E-state index in [1.165, 1.54) is 12.4 Å². The fourth-order valence-corrected chi connectivity index (χ4v) is 3.59. The number of hydrogen-bond donors (Lipinski definition) is 0. The van der Waals surface area contributed by atoms with Gasteiger partial charge in [0.15, 0.2) is 11.6 Å². The van der Waals surface area contributed by atoms with Crippen molar-refractivity contribution in [2.75, 3.05) is 7.11 Å². The van der Waals surface area contributed by atoms with Gasteiger partial charge in [-0.15, -0.1) is 10.2 Å². The third-order valence-corrected chi connectivity index (χ3v) is 5.33. The Morgan fingerprint density at radius 1 is 0.860 bits per heavy atom. The first kappa shape index (κ1) is 39.0. The van der Waals surface area contributed by atoms with Crippen molar-refractivity contribution in [3.8, 4) is 28.8 Å². The molecular formula is C33H50F2N6O2. The highest BCUT2D eigenvalue weighted by molar-refractivity contribution is 5.61. The molecule has 0 radical (unpaired) electrons. The first-order valence-corrected chi connectivity index (χ1v) is 15.2. The van der Waals surface area contributed by atoms with Crippen molar-refractivity contribution in [3.63, 3.8) is 0 Å². The van der Waals surface area contributed by atoms with Gasteiger partial charge < -0.3 is 9.47 Å². The summed E-state index contributed by atoms with van der Waals surface area (Å²) in [6, 6.07) is 11.0. The molecule has 4 rings (SSSR count). The van der Waals surface area contributed by atoms with Crippen LogP contribution in [0.5, 0.6) is 11.6 Å². The second-order valence-corrected chi connectivity index (χ2v) is 8.28. The fourth-order valence-electron chi connectivity index (χ4n) is 3.59. The van der Waals surface area contributed by atoms with Crippen molar-refractivity contribution in [1.82, 2.24) is 29.7 Å². The van der Waals surface area contributed by atoms with Gasteiger partial charge in [-0.2, -0.15) is 0 Å². The molecule has 0 fully saturated rings. The number of benzene rings is 1. The number of aromatic nitrogens is 6. The van der Waals surface area contributed by atoms with E-state index in [1.807, 2.05) is 92.0 Å². The average molecular weight is 601 g/mol. The fraction of sp³-hybridized carbons (Fsp3) is 0.485. The molecule has 0 N–H and O–H groups in total. The van der Waals surface area contributed by atoms with Gasteiger partial charge in [-0.05, 0) is 44.4 Å². The summed E-state index contributed by atoms with van der Waals surface area (Å²) in [4.78, 5) is 12.0. The Morgan fingerprint density at radius 3 is 2.07 bits per heavy atom. The summed E-state index contributed by atoms with van der Waals surface area (Å²) < 4.78 is 38.7. The largest absolute Gasteiger partial charge is 0.495 e. The van der Waals surface area contributed by atoms with Gasteiger partial charge in [-0.25, -0.2) is 23.7 Å². The number of aryl methyl sites for hydroxylation is 3. The van der Waals surface area contributed by atoms with Gasteiger partial charge in [0.2, 0.25) is 12.2 Å². The van der Waals surface area contributed by atoms with Crippen molar-refractivity contribution in [1.29, 1.82) is 0 Å². The number of hydrogen-bond acceptors (Lipinski definition) is 7. The van der Waals surface area contributed by atoms with E-state index in [4.69, 9.17) is 9.47 Å². The highest BCUT2D eigenvalue weighted by Gasteiger charge is 2.19. The van der Waals surface area contributed by atoms with Crippen LogP contribution in [-0.2, 0) is 6.42 Å². The summed E-state index contributed by atoms with van der Waals surface area (Å²) in [5.74, 6) is 2.50. The van der Waals surface area contributed by atoms with Crippen LogP contribution in [0.2, 0.25) is 0 Å². The first-order valence-electron chi connectivity index (χ1n) is 15.2.